The average molecular weight is 650 g/mol. The highest BCUT2D eigenvalue weighted by Gasteiger charge is 2.44. The number of aromatic nitrogens is 3. The molecule has 0 saturated carbocycles. The molecule has 0 amide bonds. The number of fused-ring (bicyclic) bond motifs is 13. The van der Waals surface area contributed by atoms with Gasteiger partial charge in [0.1, 0.15) is 0 Å². The molecule has 2 aliphatic heterocycles. The number of rotatable bonds is 3. The summed E-state index contributed by atoms with van der Waals surface area (Å²) in [5.74, 6) is 1.21. The molecule has 0 spiro atoms. The maximum absolute atomic E-state index is 6.64. The van der Waals surface area contributed by atoms with Crippen LogP contribution in [-0.2, 0) is 6.42 Å². The molecular formula is C43H47N3OSi+2. The molecule has 6 heterocycles. The van der Waals surface area contributed by atoms with Crippen LogP contribution in [0.3, 0.4) is 0 Å². The maximum atomic E-state index is 6.64. The number of aryl methyl sites for hydroxylation is 1. The third-order valence-electron chi connectivity index (χ3n) is 11.0. The van der Waals surface area contributed by atoms with Gasteiger partial charge in [-0.1, -0.05) is 77.7 Å². The zero-order chi connectivity index (χ0) is 33.5. The van der Waals surface area contributed by atoms with E-state index in [1.807, 2.05) is 12.3 Å². The van der Waals surface area contributed by atoms with Gasteiger partial charge in [-0.15, -0.1) is 0 Å². The van der Waals surface area contributed by atoms with Gasteiger partial charge < -0.3 is 4.42 Å². The Hall–Kier alpha value is -4.35. The fourth-order valence-electron chi connectivity index (χ4n) is 8.42. The Balaban J connectivity index is 1.39. The number of allylic oxidation sites excluding steroid dienone is 1. The molecule has 4 nitrogen and oxygen atoms in total. The second-order valence-corrected chi connectivity index (χ2v) is 20.8. The zero-order valence-electron chi connectivity index (χ0n) is 29.5. The number of hydrogen-bond acceptors (Lipinski definition) is 2. The van der Waals surface area contributed by atoms with Gasteiger partial charge in [0.05, 0.1) is 20.1 Å². The molecule has 0 aliphatic carbocycles. The van der Waals surface area contributed by atoms with Crippen molar-refractivity contribution in [2.75, 3.05) is 0 Å². The van der Waals surface area contributed by atoms with E-state index in [2.05, 4.69) is 135 Å². The summed E-state index contributed by atoms with van der Waals surface area (Å²) in [4.78, 5) is 4.61. The van der Waals surface area contributed by atoms with Crippen LogP contribution in [0, 0.1) is 0 Å². The first-order chi connectivity index (χ1) is 23.0. The van der Waals surface area contributed by atoms with Gasteiger partial charge in [-0.2, -0.15) is 9.13 Å². The first kappa shape index (κ1) is 30.9. The van der Waals surface area contributed by atoms with Crippen LogP contribution in [0.1, 0.15) is 86.6 Å². The van der Waals surface area contributed by atoms with Gasteiger partial charge in [-0.05, 0) is 71.7 Å². The predicted octanol–water partition coefficient (Wildman–Crippen LogP) is 9.83. The molecule has 2 atom stereocenters. The summed E-state index contributed by atoms with van der Waals surface area (Å²) in [6.07, 6.45) is 9.48. The van der Waals surface area contributed by atoms with Crippen molar-refractivity contribution < 1.29 is 13.6 Å². The topological polar surface area (TPSA) is 33.8 Å². The smallest absolute Gasteiger partial charge is 0.227 e. The molecule has 0 radical (unpaired) electrons. The molecule has 0 saturated heterocycles. The van der Waals surface area contributed by atoms with E-state index < -0.39 is 8.07 Å². The van der Waals surface area contributed by atoms with Crippen molar-refractivity contribution >= 4 is 41.0 Å². The van der Waals surface area contributed by atoms with Crippen LogP contribution in [0.4, 0.5) is 0 Å². The first-order valence-corrected chi connectivity index (χ1v) is 21.2. The Labute approximate surface area is 285 Å². The standard InChI is InChI=1S/C43H47N3OSi/c1-26(2)30-19-21-45-28(5)22-37-33(17-15-29-16-18-34-35-14-11-20-44-43(35)47-42(34)41(29)39(45)23-30)31-12-9-10-13-32(31)38-24-36(27(3)4)40(25-46(37)38)48(6,7)8/h9-14,16,18-21,23-27,33,37H,5,15,17,22H2,1-4,6-8H3/q+2. The summed E-state index contributed by atoms with van der Waals surface area (Å²) in [6, 6.07) is 25.3. The summed E-state index contributed by atoms with van der Waals surface area (Å²) in [7, 11) is -1.63. The summed E-state index contributed by atoms with van der Waals surface area (Å²) in [6.45, 7) is 21.6. The average Bonchev–Trinajstić information content (AvgIpc) is 3.45. The Morgan fingerprint density at radius 2 is 1.71 bits per heavy atom. The summed E-state index contributed by atoms with van der Waals surface area (Å²) in [5.41, 5.74) is 13.4. The van der Waals surface area contributed by atoms with Gasteiger partial charge in [0.25, 0.3) is 0 Å². The molecule has 0 fully saturated rings. The lowest BCUT2D eigenvalue weighted by Crippen LogP contribution is -2.54. The highest BCUT2D eigenvalue weighted by Crippen LogP contribution is 2.46. The summed E-state index contributed by atoms with van der Waals surface area (Å²) < 4.78 is 11.7. The molecule has 8 rings (SSSR count). The molecule has 2 aromatic carbocycles. The van der Waals surface area contributed by atoms with Crippen LogP contribution in [0.15, 0.2) is 96.3 Å². The molecule has 2 unspecified atom stereocenters. The number of hydrogen-bond donors (Lipinski definition) is 0. The van der Waals surface area contributed by atoms with Crippen molar-refractivity contribution in [1.29, 1.82) is 0 Å². The Kier molecular flexibility index (Phi) is 7.33. The molecular weight excluding hydrogens is 603 g/mol. The van der Waals surface area contributed by atoms with Gasteiger partial charge in [0.2, 0.25) is 17.1 Å². The predicted molar refractivity (Wildman–Crippen MR) is 200 cm³/mol. The normalized spacial score (nSPS) is 17.6. The lowest BCUT2D eigenvalue weighted by Gasteiger charge is -2.33. The minimum Gasteiger partial charge on any atom is -0.437 e. The van der Waals surface area contributed by atoms with Crippen LogP contribution in [0.25, 0.3) is 50.3 Å². The summed E-state index contributed by atoms with van der Waals surface area (Å²) in [5, 5.41) is 3.75. The quantitative estimate of drug-likeness (QED) is 0.141. The molecule has 2 aliphatic rings. The fourth-order valence-corrected chi connectivity index (χ4v) is 10.2. The van der Waals surface area contributed by atoms with Crippen molar-refractivity contribution in [1.82, 2.24) is 4.98 Å². The molecule has 5 heteroatoms. The van der Waals surface area contributed by atoms with Crippen LogP contribution < -0.4 is 14.3 Å². The third kappa shape index (κ3) is 4.89. The van der Waals surface area contributed by atoms with Gasteiger partial charge in [-0.25, -0.2) is 4.98 Å². The van der Waals surface area contributed by atoms with Crippen molar-refractivity contribution in [2.24, 2.45) is 0 Å². The lowest BCUT2D eigenvalue weighted by atomic mass is 9.77. The Morgan fingerprint density at radius 3 is 2.48 bits per heavy atom. The van der Waals surface area contributed by atoms with E-state index in [1.165, 1.54) is 39.1 Å². The second kappa shape index (κ2) is 11.4. The lowest BCUT2D eigenvalue weighted by molar-refractivity contribution is -0.719. The monoisotopic (exact) mass is 649 g/mol. The van der Waals surface area contributed by atoms with Crippen LogP contribution in [-0.4, -0.2) is 13.1 Å². The Morgan fingerprint density at radius 1 is 0.896 bits per heavy atom. The molecule has 4 aromatic heterocycles. The largest absolute Gasteiger partial charge is 0.437 e. The van der Waals surface area contributed by atoms with Crippen molar-refractivity contribution in [3.8, 4) is 22.5 Å². The fraction of sp³-hybridized carbons (Fsp3) is 0.326. The third-order valence-corrected chi connectivity index (χ3v) is 13.0. The van der Waals surface area contributed by atoms with Gasteiger partial charge in [-0.3, -0.25) is 0 Å². The Bertz CT molecular complexity index is 2250. The zero-order valence-corrected chi connectivity index (χ0v) is 30.5. The number of nitrogens with zero attached hydrogens (tertiary/aromatic N) is 3. The first-order valence-electron chi connectivity index (χ1n) is 17.7. The highest BCUT2D eigenvalue weighted by molar-refractivity contribution is 6.89. The van der Waals surface area contributed by atoms with E-state index in [0.717, 1.165) is 47.0 Å². The van der Waals surface area contributed by atoms with E-state index in [0.29, 0.717) is 23.5 Å². The molecule has 48 heavy (non-hydrogen) atoms. The van der Waals surface area contributed by atoms with Gasteiger partial charge in [0, 0.05) is 51.8 Å². The van der Waals surface area contributed by atoms with Gasteiger partial charge >= 0.3 is 0 Å². The van der Waals surface area contributed by atoms with E-state index in [9.17, 15) is 0 Å². The minimum absolute atomic E-state index is 0.254. The maximum Gasteiger partial charge on any atom is 0.227 e. The van der Waals surface area contributed by atoms with E-state index in [-0.39, 0.29) is 6.04 Å². The van der Waals surface area contributed by atoms with E-state index in [4.69, 9.17) is 11.0 Å². The van der Waals surface area contributed by atoms with E-state index in [1.54, 1.807) is 5.19 Å². The number of furan rings is 1. The van der Waals surface area contributed by atoms with Gasteiger partial charge in [0.15, 0.2) is 29.7 Å². The van der Waals surface area contributed by atoms with Crippen molar-refractivity contribution in [2.45, 2.75) is 90.4 Å². The molecule has 242 valence electrons. The molecule has 0 bridgehead atoms. The van der Waals surface area contributed by atoms with Crippen LogP contribution in [0.2, 0.25) is 19.6 Å². The summed E-state index contributed by atoms with van der Waals surface area (Å²) >= 11 is 0. The highest BCUT2D eigenvalue weighted by atomic mass is 28.3. The number of pyridine rings is 3. The van der Waals surface area contributed by atoms with Crippen molar-refractivity contribution in [3.63, 3.8) is 0 Å². The SMILES string of the molecule is C=C1CC2C(CCc3ccc4c(oc5ncccc54)c3-c3cc(C(C)C)cc[n+]31)c1ccccc1-c1cc(C(C)C)c([Si](C)(C)C)c[n+]12. The van der Waals surface area contributed by atoms with E-state index >= 15 is 0 Å². The molecule has 0 N–H and O–H groups in total. The second-order valence-electron chi connectivity index (χ2n) is 15.7. The number of benzene rings is 2. The molecule has 6 aromatic rings. The minimum atomic E-state index is -1.63. The van der Waals surface area contributed by atoms with Crippen LogP contribution in [0.5, 0.6) is 0 Å². The van der Waals surface area contributed by atoms with Crippen LogP contribution >= 0.6 is 0 Å². The van der Waals surface area contributed by atoms with Crippen molar-refractivity contribution in [3.05, 3.63) is 114 Å².